The van der Waals surface area contributed by atoms with Crippen molar-refractivity contribution in [2.45, 2.75) is 39.3 Å². The van der Waals surface area contributed by atoms with Gasteiger partial charge in [-0.3, -0.25) is 4.79 Å². The number of nitrogens with zero attached hydrogens (tertiary/aromatic N) is 2. The van der Waals surface area contributed by atoms with Gasteiger partial charge in [0.15, 0.2) is 0 Å². The van der Waals surface area contributed by atoms with Crippen molar-refractivity contribution in [1.82, 2.24) is 20.8 Å². The maximum absolute atomic E-state index is 12.2. The van der Waals surface area contributed by atoms with E-state index in [-0.39, 0.29) is 24.4 Å². The molecule has 0 aliphatic carbocycles. The Bertz CT molecular complexity index is 1030. The summed E-state index contributed by atoms with van der Waals surface area (Å²) in [6, 6.07) is 14.4. The first-order chi connectivity index (χ1) is 15.4. The van der Waals surface area contributed by atoms with Crippen LogP contribution in [0.1, 0.15) is 31.7 Å². The summed E-state index contributed by atoms with van der Waals surface area (Å²) in [5, 5.41) is 12.3. The van der Waals surface area contributed by atoms with Gasteiger partial charge >= 0.3 is 6.03 Å². The lowest BCUT2D eigenvalue weighted by Crippen LogP contribution is -2.34. The lowest BCUT2D eigenvalue weighted by atomic mass is 10.2. The van der Waals surface area contributed by atoms with Crippen LogP contribution in [0.15, 0.2) is 53.1 Å². The van der Waals surface area contributed by atoms with Gasteiger partial charge in [0.1, 0.15) is 5.75 Å². The minimum Gasteiger partial charge on any atom is -0.497 e. The van der Waals surface area contributed by atoms with E-state index in [2.05, 4.69) is 26.1 Å². The van der Waals surface area contributed by atoms with E-state index < -0.39 is 0 Å². The first-order valence-corrected chi connectivity index (χ1v) is 10.3. The maximum Gasteiger partial charge on any atom is 0.319 e. The summed E-state index contributed by atoms with van der Waals surface area (Å²) >= 11 is 0. The number of hydrogen-bond acceptors (Lipinski definition) is 6. The van der Waals surface area contributed by atoms with E-state index in [1.54, 1.807) is 19.2 Å². The van der Waals surface area contributed by atoms with Crippen LogP contribution in [0.5, 0.6) is 5.75 Å². The highest BCUT2D eigenvalue weighted by Gasteiger charge is 2.11. The van der Waals surface area contributed by atoms with E-state index in [0.29, 0.717) is 30.4 Å². The molecule has 0 bridgehead atoms. The molecule has 9 nitrogen and oxygen atoms in total. The molecular weight excluding hydrogens is 410 g/mol. The Kier molecular flexibility index (Phi) is 7.80. The van der Waals surface area contributed by atoms with Crippen molar-refractivity contribution in [3.8, 4) is 17.1 Å². The monoisotopic (exact) mass is 437 g/mol. The van der Waals surface area contributed by atoms with Crippen LogP contribution in [0.4, 0.5) is 10.5 Å². The molecule has 168 valence electrons. The third-order valence-corrected chi connectivity index (χ3v) is 4.50. The third kappa shape index (κ3) is 6.83. The van der Waals surface area contributed by atoms with Gasteiger partial charge in [0.2, 0.25) is 17.6 Å². The zero-order valence-electron chi connectivity index (χ0n) is 18.3. The summed E-state index contributed by atoms with van der Waals surface area (Å²) in [5.74, 6) is 1.50. The molecule has 3 aromatic rings. The van der Waals surface area contributed by atoms with Crippen molar-refractivity contribution in [2.75, 3.05) is 12.4 Å². The molecule has 0 atom stereocenters. The number of aromatic nitrogens is 2. The molecule has 0 radical (unpaired) electrons. The molecule has 0 aliphatic rings. The van der Waals surface area contributed by atoms with E-state index in [9.17, 15) is 9.59 Å². The zero-order valence-corrected chi connectivity index (χ0v) is 18.3. The van der Waals surface area contributed by atoms with Crippen molar-refractivity contribution < 1.29 is 18.8 Å². The summed E-state index contributed by atoms with van der Waals surface area (Å²) in [5.41, 5.74) is 2.42. The van der Waals surface area contributed by atoms with Gasteiger partial charge in [0, 0.05) is 36.7 Å². The van der Waals surface area contributed by atoms with E-state index >= 15 is 0 Å². The first-order valence-electron chi connectivity index (χ1n) is 10.3. The topological polar surface area (TPSA) is 118 Å². The number of anilines is 1. The fourth-order valence-electron chi connectivity index (χ4n) is 2.86. The molecule has 0 unspecified atom stereocenters. The number of rotatable bonds is 9. The van der Waals surface area contributed by atoms with Crippen LogP contribution < -0.4 is 20.7 Å². The van der Waals surface area contributed by atoms with Gasteiger partial charge in [-0.1, -0.05) is 17.3 Å². The largest absolute Gasteiger partial charge is 0.497 e. The standard InChI is InChI=1S/C23H27N5O4/c1-15(2)25-23(30)26-18-8-4-16(5-9-18)14-24-20(29)12-13-21-27-22(28-32-21)17-6-10-19(31-3)11-7-17/h4-11,15H,12-14H2,1-3H3,(H,24,29)(H2,25,26,30). The number of ether oxygens (including phenoxy) is 1. The highest BCUT2D eigenvalue weighted by Crippen LogP contribution is 2.20. The third-order valence-electron chi connectivity index (χ3n) is 4.50. The predicted octanol–water partition coefficient (Wildman–Crippen LogP) is 3.52. The van der Waals surface area contributed by atoms with E-state index in [4.69, 9.17) is 9.26 Å². The molecule has 0 fully saturated rings. The Balaban J connectivity index is 1.42. The summed E-state index contributed by atoms with van der Waals surface area (Å²) in [6.45, 7) is 4.17. The molecule has 9 heteroatoms. The summed E-state index contributed by atoms with van der Waals surface area (Å²) < 4.78 is 10.4. The lowest BCUT2D eigenvalue weighted by Gasteiger charge is -2.10. The molecule has 0 saturated heterocycles. The summed E-state index contributed by atoms with van der Waals surface area (Å²) in [4.78, 5) is 28.2. The average molecular weight is 438 g/mol. The average Bonchev–Trinajstić information content (AvgIpc) is 3.26. The molecule has 1 aromatic heterocycles. The number of carbonyl (C=O) groups is 2. The van der Waals surface area contributed by atoms with Gasteiger partial charge in [-0.05, 0) is 55.8 Å². The number of aryl methyl sites for hydroxylation is 1. The number of methoxy groups -OCH3 is 1. The van der Waals surface area contributed by atoms with Gasteiger partial charge < -0.3 is 25.2 Å². The van der Waals surface area contributed by atoms with Gasteiger partial charge in [-0.2, -0.15) is 4.98 Å². The number of carbonyl (C=O) groups excluding carboxylic acids is 2. The molecule has 1 heterocycles. The van der Waals surface area contributed by atoms with Crippen LogP contribution in [0.25, 0.3) is 11.4 Å². The van der Waals surface area contributed by atoms with Crippen molar-refractivity contribution in [2.24, 2.45) is 0 Å². The molecular formula is C23H27N5O4. The molecule has 3 amide bonds. The van der Waals surface area contributed by atoms with Crippen molar-refractivity contribution in [1.29, 1.82) is 0 Å². The zero-order chi connectivity index (χ0) is 22.9. The van der Waals surface area contributed by atoms with Crippen LogP contribution in [-0.4, -0.2) is 35.2 Å². The van der Waals surface area contributed by atoms with Gasteiger partial charge in [0.25, 0.3) is 0 Å². The van der Waals surface area contributed by atoms with Crippen molar-refractivity contribution >= 4 is 17.6 Å². The maximum atomic E-state index is 12.2. The van der Waals surface area contributed by atoms with Crippen molar-refractivity contribution in [3.63, 3.8) is 0 Å². The first kappa shape index (κ1) is 22.8. The smallest absolute Gasteiger partial charge is 0.319 e. The molecule has 3 rings (SSSR count). The van der Waals surface area contributed by atoms with Crippen LogP contribution >= 0.6 is 0 Å². The second-order valence-corrected chi connectivity index (χ2v) is 7.47. The van der Waals surface area contributed by atoms with Crippen LogP contribution in [0.2, 0.25) is 0 Å². The quantitative estimate of drug-likeness (QED) is 0.471. The van der Waals surface area contributed by atoms with Crippen LogP contribution in [0.3, 0.4) is 0 Å². The van der Waals surface area contributed by atoms with Crippen molar-refractivity contribution in [3.05, 3.63) is 60.0 Å². The van der Waals surface area contributed by atoms with Gasteiger partial charge in [-0.15, -0.1) is 0 Å². The van der Waals surface area contributed by atoms with E-state index in [1.165, 1.54) is 0 Å². The number of urea groups is 1. The van der Waals surface area contributed by atoms with E-state index in [0.717, 1.165) is 16.9 Å². The predicted molar refractivity (Wildman–Crippen MR) is 120 cm³/mol. The molecule has 0 saturated carbocycles. The summed E-state index contributed by atoms with van der Waals surface area (Å²) in [7, 11) is 1.60. The molecule has 2 aromatic carbocycles. The lowest BCUT2D eigenvalue weighted by molar-refractivity contribution is -0.121. The van der Waals surface area contributed by atoms with E-state index in [1.807, 2.05) is 50.2 Å². The highest BCUT2D eigenvalue weighted by molar-refractivity contribution is 5.89. The van der Waals surface area contributed by atoms with Gasteiger partial charge in [0.05, 0.1) is 7.11 Å². The molecule has 3 N–H and O–H groups in total. The second-order valence-electron chi connectivity index (χ2n) is 7.47. The second kappa shape index (κ2) is 10.9. The number of benzene rings is 2. The number of nitrogens with one attached hydrogen (secondary N) is 3. The molecule has 0 spiro atoms. The normalized spacial score (nSPS) is 10.6. The minimum atomic E-state index is -0.253. The highest BCUT2D eigenvalue weighted by atomic mass is 16.5. The number of hydrogen-bond donors (Lipinski definition) is 3. The van der Waals surface area contributed by atoms with Gasteiger partial charge in [-0.25, -0.2) is 4.79 Å². The molecule has 32 heavy (non-hydrogen) atoms. The Morgan fingerprint density at radius 2 is 1.78 bits per heavy atom. The number of amides is 3. The SMILES string of the molecule is COc1ccc(-c2noc(CCC(=O)NCc3ccc(NC(=O)NC(C)C)cc3)n2)cc1. The summed E-state index contributed by atoms with van der Waals surface area (Å²) in [6.07, 6.45) is 0.585. The fourth-order valence-corrected chi connectivity index (χ4v) is 2.86. The molecule has 0 aliphatic heterocycles. The Hall–Kier alpha value is -3.88. The van der Waals surface area contributed by atoms with Crippen LogP contribution in [-0.2, 0) is 17.8 Å². The van der Waals surface area contributed by atoms with Crippen LogP contribution in [0, 0.1) is 0 Å². The Morgan fingerprint density at radius 1 is 1.06 bits per heavy atom. The Labute approximate surface area is 186 Å². The minimum absolute atomic E-state index is 0.0608. The fraction of sp³-hybridized carbons (Fsp3) is 0.304. The Morgan fingerprint density at radius 3 is 2.44 bits per heavy atom.